The molecule has 0 amide bonds. The van der Waals surface area contributed by atoms with Gasteiger partial charge in [-0.3, -0.25) is 0 Å². The van der Waals surface area contributed by atoms with E-state index in [9.17, 15) is 4.39 Å². The summed E-state index contributed by atoms with van der Waals surface area (Å²) in [5.41, 5.74) is 6.24. The van der Waals surface area contributed by atoms with E-state index in [0.29, 0.717) is 18.2 Å². The fourth-order valence-electron chi connectivity index (χ4n) is 5.50. The standard InChI is InChI=1S/C32H38FN3O2/c1-4-25(5-2)36-30-20-27(38-26-16-18-37-19-17-26)14-15-28(30)31(34-3)32(36)22-10-12-24(13-11-22)35-21-23-8-6-7-9-29(23)33/h6-15,20,25-26,34-35H,4-5,16-19,21H2,1-3H3. The molecule has 1 aromatic heterocycles. The molecule has 1 saturated heterocycles. The largest absolute Gasteiger partial charge is 0.490 e. The van der Waals surface area contributed by atoms with Gasteiger partial charge in [-0.05, 0) is 43.2 Å². The van der Waals surface area contributed by atoms with Gasteiger partial charge in [-0.2, -0.15) is 0 Å². The van der Waals surface area contributed by atoms with Gasteiger partial charge in [0.15, 0.2) is 0 Å². The van der Waals surface area contributed by atoms with Crippen molar-refractivity contribution in [2.24, 2.45) is 0 Å². The molecular weight excluding hydrogens is 477 g/mol. The van der Waals surface area contributed by atoms with Crippen LogP contribution in [0.3, 0.4) is 0 Å². The van der Waals surface area contributed by atoms with Crippen LogP contribution in [0.1, 0.15) is 51.1 Å². The molecule has 0 bridgehead atoms. The lowest BCUT2D eigenvalue weighted by Gasteiger charge is -2.24. The number of anilines is 2. The molecule has 2 heterocycles. The number of hydrogen-bond donors (Lipinski definition) is 2. The molecule has 6 heteroatoms. The lowest BCUT2D eigenvalue weighted by Crippen LogP contribution is -2.25. The highest BCUT2D eigenvalue weighted by molar-refractivity contribution is 6.02. The summed E-state index contributed by atoms with van der Waals surface area (Å²) in [6.07, 6.45) is 4.12. The number of benzene rings is 3. The number of aromatic nitrogens is 1. The highest BCUT2D eigenvalue weighted by atomic mass is 19.1. The summed E-state index contributed by atoms with van der Waals surface area (Å²) in [4.78, 5) is 0. The first-order valence-corrected chi connectivity index (χ1v) is 13.8. The molecule has 1 aliphatic heterocycles. The average Bonchev–Trinajstić information content (AvgIpc) is 3.27. The predicted octanol–water partition coefficient (Wildman–Crippen LogP) is 8.02. The van der Waals surface area contributed by atoms with Crippen LogP contribution in [0.15, 0.2) is 66.7 Å². The molecule has 5 rings (SSSR count). The molecule has 4 aromatic rings. The van der Waals surface area contributed by atoms with Gasteiger partial charge in [-0.1, -0.05) is 44.2 Å². The highest BCUT2D eigenvalue weighted by Crippen LogP contribution is 2.43. The number of hydrogen-bond acceptors (Lipinski definition) is 4. The van der Waals surface area contributed by atoms with E-state index in [2.05, 4.69) is 71.5 Å². The molecule has 0 radical (unpaired) electrons. The minimum absolute atomic E-state index is 0.190. The summed E-state index contributed by atoms with van der Waals surface area (Å²) in [6.45, 7) is 6.46. The molecule has 0 aliphatic carbocycles. The SMILES string of the molecule is CCC(CC)n1c(-c2ccc(NCc3ccccc3F)cc2)c(NC)c2ccc(OC3CCOCC3)cc21. The Hall–Kier alpha value is -3.51. The molecule has 1 aliphatic rings. The Balaban J connectivity index is 1.50. The van der Waals surface area contributed by atoms with Crippen LogP contribution in [0.5, 0.6) is 5.75 Å². The first-order chi connectivity index (χ1) is 18.6. The zero-order valence-corrected chi connectivity index (χ0v) is 22.6. The van der Waals surface area contributed by atoms with Crippen LogP contribution in [0.25, 0.3) is 22.2 Å². The van der Waals surface area contributed by atoms with Crippen molar-refractivity contribution in [2.75, 3.05) is 30.9 Å². The minimum atomic E-state index is -0.190. The Labute approximate surface area is 225 Å². The van der Waals surface area contributed by atoms with Crippen molar-refractivity contribution in [2.45, 2.75) is 58.2 Å². The van der Waals surface area contributed by atoms with E-state index in [1.54, 1.807) is 6.07 Å². The third-order valence-electron chi connectivity index (χ3n) is 7.60. The van der Waals surface area contributed by atoms with Crippen LogP contribution < -0.4 is 15.4 Å². The summed E-state index contributed by atoms with van der Waals surface area (Å²) >= 11 is 0. The molecule has 2 N–H and O–H groups in total. The number of fused-ring (bicyclic) bond motifs is 1. The first-order valence-electron chi connectivity index (χ1n) is 13.8. The van der Waals surface area contributed by atoms with Crippen molar-refractivity contribution >= 4 is 22.3 Å². The Bertz CT molecular complexity index is 1360. The monoisotopic (exact) mass is 515 g/mol. The molecule has 38 heavy (non-hydrogen) atoms. The molecule has 1 fully saturated rings. The van der Waals surface area contributed by atoms with Gasteiger partial charge in [0.1, 0.15) is 17.7 Å². The first kappa shape index (κ1) is 26.1. The van der Waals surface area contributed by atoms with E-state index in [1.165, 1.54) is 22.7 Å². The van der Waals surface area contributed by atoms with E-state index >= 15 is 0 Å². The quantitative estimate of drug-likeness (QED) is 0.224. The van der Waals surface area contributed by atoms with Crippen molar-refractivity contribution in [1.82, 2.24) is 4.57 Å². The van der Waals surface area contributed by atoms with Gasteiger partial charge < -0.3 is 24.7 Å². The number of ether oxygens (including phenoxy) is 2. The third kappa shape index (κ3) is 5.37. The predicted molar refractivity (Wildman–Crippen MR) is 155 cm³/mol. The molecular formula is C32H38FN3O2. The highest BCUT2D eigenvalue weighted by Gasteiger charge is 2.23. The van der Waals surface area contributed by atoms with Gasteiger partial charge in [0.2, 0.25) is 0 Å². The van der Waals surface area contributed by atoms with Gasteiger partial charge in [0, 0.05) is 60.7 Å². The molecule has 5 nitrogen and oxygen atoms in total. The Kier molecular flexibility index (Phi) is 8.18. The van der Waals surface area contributed by atoms with Gasteiger partial charge in [-0.25, -0.2) is 4.39 Å². The van der Waals surface area contributed by atoms with Crippen LogP contribution in [-0.2, 0) is 11.3 Å². The third-order valence-corrected chi connectivity index (χ3v) is 7.60. The number of halogens is 1. The van der Waals surface area contributed by atoms with Crippen LogP contribution in [-0.4, -0.2) is 30.9 Å². The zero-order valence-electron chi connectivity index (χ0n) is 22.6. The molecule has 3 aromatic carbocycles. The lowest BCUT2D eigenvalue weighted by molar-refractivity contribution is 0.0256. The molecule has 0 saturated carbocycles. The molecule has 0 spiro atoms. The fraction of sp³-hybridized carbons (Fsp3) is 0.375. The fourth-order valence-corrected chi connectivity index (χ4v) is 5.50. The van der Waals surface area contributed by atoms with E-state index in [-0.39, 0.29) is 11.9 Å². The van der Waals surface area contributed by atoms with E-state index < -0.39 is 0 Å². The Morgan fingerprint density at radius 2 is 1.74 bits per heavy atom. The van der Waals surface area contributed by atoms with Gasteiger partial charge >= 0.3 is 0 Å². The molecule has 0 unspecified atom stereocenters. The van der Waals surface area contributed by atoms with E-state index in [4.69, 9.17) is 9.47 Å². The van der Waals surface area contributed by atoms with Crippen molar-refractivity contribution in [3.8, 4) is 17.0 Å². The summed E-state index contributed by atoms with van der Waals surface area (Å²) in [5.74, 6) is 0.723. The summed E-state index contributed by atoms with van der Waals surface area (Å²) in [7, 11) is 1.99. The van der Waals surface area contributed by atoms with Crippen molar-refractivity contribution in [3.63, 3.8) is 0 Å². The maximum Gasteiger partial charge on any atom is 0.128 e. The van der Waals surface area contributed by atoms with Crippen molar-refractivity contribution < 1.29 is 13.9 Å². The van der Waals surface area contributed by atoms with Gasteiger partial charge in [-0.15, -0.1) is 0 Å². The van der Waals surface area contributed by atoms with Crippen LogP contribution in [0.4, 0.5) is 15.8 Å². The maximum atomic E-state index is 14.0. The maximum absolute atomic E-state index is 14.0. The molecule has 0 atom stereocenters. The van der Waals surface area contributed by atoms with E-state index in [1.807, 2.05) is 19.2 Å². The van der Waals surface area contributed by atoms with E-state index in [0.717, 1.165) is 61.6 Å². The topological polar surface area (TPSA) is 47.5 Å². The minimum Gasteiger partial charge on any atom is -0.490 e. The van der Waals surface area contributed by atoms with Gasteiger partial charge in [0.25, 0.3) is 0 Å². The smallest absolute Gasteiger partial charge is 0.128 e. The second-order valence-electron chi connectivity index (χ2n) is 9.94. The van der Waals surface area contributed by atoms with Crippen molar-refractivity contribution in [1.29, 1.82) is 0 Å². The summed E-state index contributed by atoms with van der Waals surface area (Å²) in [5, 5.41) is 8.04. The normalized spacial score (nSPS) is 14.2. The molecule has 200 valence electrons. The zero-order chi connectivity index (χ0) is 26.5. The number of nitrogens with one attached hydrogen (secondary N) is 2. The van der Waals surface area contributed by atoms with Crippen molar-refractivity contribution in [3.05, 3.63) is 78.1 Å². The van der Waals surface area contributed by atoms with Crippen LogP contribution in [0, 0.1) is 5.82 Å². The summed E-state index contributed by atoms with van der Waals surface area (Å²) in [6, 6.07) is 22.2. The second kappa shape index (κ2) is 11.9. The number of rotatable bonds is 10. The van der Waals surface area contributed by atoms with Crippen LogP contribution >= 0.6 is 0 Å². The summed E-state index contributed by atoms with van der Waals surface area (Å²) < 4.78 is 28.4. The van der Waals surface area contributed by atoms with Gasteiger partial charge in [0.05, 0.1) is 30.1 Å². The number of nitrogens with zero attached hydrogens (tertiary/aromatic N) is 1. The lowest BCUT2D eigenvalue weighted by atomic mass is 10.1. The second-order valence-corrected chi connectivity index (χ2v) is 9.94. The van der Waals surface area contributed by atoms with Crippen LogP contribution in [0.2, 0.25) is 0 Å². The Morgan fingerprint density at radius 1 is 1.00 bits per heavy atom. The average molecular weight is 516 g/mol. The Morgan fingerprint density at radius 3 is 2.42 bits per heavy atom.